The molecule has 19 heavy (non-hydrogen) atoms. The van der Waals surface area contributed by atoms with Gasteiger partial charge in [-0.05, 0) is 18.6 Å². The molecule has 0 spiro atoms. The number of morpholine rings is 1. The van der Waals surface area contributed by atoms with Gasteiger partial charge in [0.2, 0.25) is 0 Å². The second-order valence-corrected chi connectivity index (χ2v) is 4.82. The number of aliphatic hydroxyl groups excluding tert-OH is 1. The first kappa shape index (κ1) is 14.2. The Morgan fingerprint density at radius 3 is 3.21 bits per heavy atom. The molecule has 1 aliphatic rings. The van der Waals surface area contributed by atoms with Crippen molar-refractivity contribution in [1.82, 2.24) is 9.88 Å². The summed E-state index contributed by atoms with van der Waals surface area (Å²) >= 11 is 0. The molecule has 2 rings (SSSR count). The Kier molecular flexibility index (Phi) is 5.57. The van der Waals surface area contributed by atoms with Crippen LogP contribution in [0.4, 0.5) is 5.82 Å². The first-order chi connectivity index (χ1) is 9.33. The van der Waals surface area contributed by atoms with E-state index in [-0.39, 0.29) is 12.6 Å². The van der Waals surface area contributed by atoms with Gasteiger partial charge >= 0.3 is 0 Å². The van der Waals surface area contributed by atoms with Gasteiger partial charge in [0.15, 0.2) is 0 Å². The number of aliphatic hydroxyl groups is 1. The molecule has 0 radical (unpaired) electrons. The van der Waals surface area contributed by atoms with Crippen LogP contribution in [-0.4, -0.2) is 53.9 Å². The molecule has 5 heteroatoms. The van der Waals surface area contributed by atoms with Crippen LogP contribution in [-0.2, 0) is 11.3 Å². The van der Waals surface area contributed by atoms with Crippen molar-refractivity contribution in [1.29, 1.82) is 0 Å². The van der Waals surface area contributed by atoms with E-state index in [0.717, 1.165) is 44.2 Å². The Bertz CT molecular complexity index is 387. The second-order valence-electron chi connectivity index (χ2n) is 4.82. The number of anilines is 1. The van der Waals surface area contributed by atoms with E-state index in [1.54, 1.807) is 0 Å². The van der Waals surface area contributed by atoms with Gasteiger partial charge in [-0.25, -0.2) is 4.98 Å². The van der Waals surface area contributed by atoms with E-state index in [2.05, 4.69) is 22.1 Å². The van der Waals surface area contributed by atoms with Gasteiger partial charge in [-0.15, -0.1) is 0 Å². The molecule has 1 fully saturated rings. The van der Waals surface area contributed by atoms with Gasteiger partial charge in [0.25, 0.3) is 0 Å². The number of nitrogens with one attached hydrogen (secondary N) is 1. The topological polar surface area (TPSA) is 57.6 Å². The van der Waals surface area contributed by atoms with Crippen molar-refractivity contribution in [2.45, 2.75) is 25.9 Å². The number of aromatic nitrogens is 1. The molecule has 1 saturated heterocycles. The van der Waals surface area contributed by atoms with Crippen molar-refractivity contribution in [3.05, 3.63) is 23.9 Å². The molecular weight excluding hydrogens is 242 g/mol. The lowest BCUT2D eigenvalue weighted by atomic mass is 10.2. The van der Waals surface area contributed by atoms with E-state index in [1.165, 1.54) is 0 Å². The SMILES string of the molecule is CCCNc1cccc(CN2CCOCC2CO)n1. The van der Waals surface area contributed by atoms with Gasteiger partial charge in [-0.1, -0.05) is 13.0 Å². The van der Waals surface area contributed by atoms with Crippen LogP contribution in [0.3, 0.4) is 0 Å². The fraction of sp³-hybridized carbons (Fsp3) is 0.643. The van der Waals surface area contributed by atoms with Crippen LogP contribution in [0.1, 0.15) is 19.0 Å². The molecule has 0 saturated carbocycles. The zero-order chi connectivity index (χ0) is 13.5. The third-order valence-electron chi connectivity index (χ3n) is 3.29. The molecule has 2 heterocycles. The molecule has 1 aromatic rings. The number of hydrogen-bond acceptors (Lipinski definition) is 5. The number of rotatable bonds is 6. The van der Waals surface area contributed by atoms with Crippen LogP contribution in [0, 0.1) is 0 Å². The molecule has 0 bridgehead atoms. The lowest BCUT2D eigenvalue weighted by Crippen LogP contribution is -2.46. The molecule has 1 aromatic heterocycles. The van der Waals surface area contributed by atoms with Crippen molar-refractivity contribution >= 4 is 5.82 Å². The Balaban J connectivity index is 1.97. The van der Waals surface area contributed by atoms with Gasteiger partial charge in [-0.2, -0.15) is 0 Å². The van der Waals surface area contributed by atoms with Crippen LogP contribution in [0.25, 0.3) is 0 Å². The van der Waals surface area contributed by atoms with E-state index >= 15 is 0 Å². The van der Waals surface area contributed by atoms with Crippen molar-refractivity contribution in [2.24, 2.45) is 0 Å². The zero-order valence-corrected chi connectivity index (χ0v) is 11.5. The minimum Gasteiger partial charge on any atom is -0.395 e. The predicted octanol–water partition coefficient (Wildman–Crippen LogP) is 1.10. The smallest absolute Gasteiger partial charge is 0.126 e. The van der Waals surface area contributed by atoms with E-state index < -0.39 is 0 Å². The van der Waals surface area contributed by atoms with Gasteiger partial charge in [-0.3, -0.25) is 4.90 Å². The second kappa shape index (κ2) is 7.43. The van der Waals surface area contributed by atoms with Gasteiger partial charge in [0, 0.05) is 19.6 Å². The van der Waals surface area contributed by atoms with Crippen molar-refractivity contribution in [3.63, 3.8) is 0 Å². The lowest BCUT2D eigenvalue weighted by molar-refractivity contribution is -0.0317. The first-order valence-electron chi connectivity index (χ1n) is 6.96. The molecule has 1 atom stereocenters. The van der Waals surface area contributed by atoms with Gasteiger partial charge < -0.3 is 15.2 Å². The summed E-state index contributed by atoms with van der Waals surface area (Å²) in [5.74, 6) is 0.924. The average Bonchev–Trinajstić information content (AvgIpc) is 2.46. The summed E-state index contributed by atoms with van der Waals surface area (Å²) in [6.07, 6.45) is 1.09. The highest BCUT2D eigenvalue weighted by Crippen LogP contribution is 2.12. The lowest BCUT2D eigenvalue weighted by Gasteiger charge is -2.34. The van der Waals surface area contributed by atoms with Crippen LogP contribution in [0.5, 0.6) is 0 Å². The first-order valence-corrected chi connectivity index (χ1v) is 6.96. The molecule has 106 valence electrons. The largest absolute Gasteiger partial charge is 0.395 e. The molecule has 0 aromatic carbocycles. The Morgan fingerprint density at radius 2 is 2.42 bits per heavy atom. The summed E-state index contributed by atoms with van der Waals surface area (Å²) in [6, 6.07) is 6.13. The maximum Gasteiger partial charge on any atom is 0.126 e. The highest BCUT2D eigenvalue weighted by atomic mass is 16.5. The minimum absolute atomic E-state index is 0.0859. The van der Waals surface area contributed by atoms with Crippen LogP contribution in [0.15, 0.2) is 18.2 Å². The predicted molar refractivity (Wildman–Crippen MR) is 75.1 cm³/mol. The average molecular weight is 265 g/mol. The van der Waals surface area contributed by atoms with E-state index in [1.807, 2.05) is 18.2 Å². The molecule has 1 unspecified atom stereocenters. The van der Waals surface area contributed by atoms with Crippen molar-refractivity contribution < 1.29 is 9.84 Å². The van der Waals surface area contributed by atoms with E-state index in [0.29, 0.717) is 6.61 Å². The maximum atomic E-state index is 9.36. The molecule has 0 aliphatic carbocycles. The standard InChI is InChI=1S/C14H23N3O2/c1-2-6-15-14-5-3-4-12(16-14)9-17-7-8-19-11-13(17)10-18/h3-5,13,18H,2,6-11H2,1H3,(H,15,16). The van der Waals surface area contributed by atoms with Gasteiger partial charge in [0.1, 0.15) is 5.82 Å². The highest BCUT2D eigenvalue weighted by molar-refractivity contribution is 5.35. The molecule has 0 amide bonds. The Morgan fingerprint density at radius 1 is 1.53 bits per heavy atom. The molecule has 2 N–H and O–H groups in total. The van der Waals surface area contributed by atoms with Crippen LogP contribution >= 0.6 is 0 Å². The molecule has 1 aliphatic heterocycles. The minimum atomic E-state index is 0.0859. The quantitative estimate of drug-likeness (QED) is 0.806. The van der Waals surface area contributed by atoms with E-state index in [4.69, 9.17) is 4.74 Å². The fourth-order valence-corrected chi connectivity index (χ4v) is 2.19. The third-order valence-corrected chi connectivity index (χ3v) is 3.29. The van der Waals surface area contributed by atoms with Crippen molar-refractivity contribution in [3.8, 4) is 0 Å². The number of hydrogen-bond donors (Lipinski definition) is 2. The molecule has 5 nitrogen and oxygen atoms in total. The summed E-state index contributed by atoms with van der Waals surface area (Å²) < 4.78 is 5.38. The fourth-order valence-electron chi connectivity index (χ4n) is 2.19. The van der Waals surface area contributed by atoms with Crippen LogP contribution in [0.2, 0.25) is 0 Å². The highest BCUT2D eigenvalue weighted by Gasteiger charge is 2.22. The number of nitrogens with zero attached hydrogens (tertiary/aromatic N) is 2. The Labute approximate surface area is 114 Å². The molecular formula is C14H23N3O2. The summed E-state index contributed by atoms with van der Waals surface area (Å²) in [6.45, 7) is 6.14. The number of pyridine rings is 1. The normalized spacial score (nSPS) is 20.4. The maximum absolute atomic E-state index is 9.36. The third kappa shape index (κ3) is 4.16. The Hall–Kier alpha value is -1.17. The summed E-state index contributed by atoms with van der Waals surface area (Å²) in [4.78, 5) is 6.83. The monoisotopic (exact) mass is 265 g/mol. The summed E-state index contributed by atoms with van der Waals surface area (Å²) in [7, 11) is 0. The summed E-state index contributed by atoms with van der Waals surface area (Å²) in [5, 5.41) is 12.6. The van der Waals surface area contributed by atoms with E-state index in [9.17, 15) is 5.11 Å². The van der Waals surface area contributed by atoms with Crippen molar-refractivity contribution in [2.75, 3.05) is 38.2 Å². The zero-order valence-electron chi connectivity index (χ0n) is 11.5. The summed E-state index contributed by atoms with van der Waals surface area (Å²) in [5.41, 5.74) is 1.03. The van der Waals surface area contributed by atoms with Crippen LogP contribution < -0.4 is 5.32 Å². The number of ether oxygens (including phenoxy) is 1. The van der Waals surface area contributed by atoms with Gasteiger partial charge in [0.05, 0.1) is 31.6 Å².